The Morgan fingerprint density at radius 2 is 2.15 bits per heavy atom. The second-order valence-corrected chi connectivity index (χ2v) is 6.05. The largest absolute Gasteiger partial charge is 0.314 e. The molecule has 2 aromatic rings. The number of para-hydroxylation sites is 1. The summed E-state index contributed by atoms with van der Waals surface area (Å²) in [7, 11) is 0. The highest BCUT2D eigenvalue weighted by Crippen LogP contribution is 2.20. The Kier molecular flexibility index (Phi) is 4.65. The van der Waals surface area contributed by atoms with Gasteiger partial charge in [0.15, 0.2) is 0 Å². The third kappa shape index (κ3) is 3.37. The van der Waals surface area contributed by atoms with Crippen LogP contribution in [0.15, 0.2) is 35.5 Å². The summed E-state index contributed by atoms with van der Waals surface area (Å²) in [5.41, 5.74) is 1.01. The molecule has 2 heterocycles. The molecule has 5 nitrogen and oxygen atoms in total. The standard InChI is InChI=1S/C14H19N5S/c1-2-7-13(8-3-1)19-14(16-17-18-19)20-11-9-12-6-4-5-10-15-12/h1-3,7-8,12,15H,4-6,9-11H2/t12-/m1/s1. The fraction of sp³-hybridized carbons (Fsp3) is 0.500. The van der Waals surface area contributed by atoms with E-state index >= 15 is 0 Å². The number of tetrazole rings is 1. The lowest BCUT2D eigenvalue weighted by molar-refractivity contribution is 0.394. The molecule has 106 valence electrons. The highest BCUT2D eigenvalue weighted by Gasteiger charge is 2.14. The molecule has 1 aromatic carbocycles. The number of thioether (sulfide) groups is 1. The molecule has 1 saturated heterocycles. The van der Waals surface area contributed by atoms with Crippen LogP contribution in [-0.2, 0) is 0 Å². The maximum absolute atomic E-state index is 4.12. The van der Waals surface area contributed by atoms with Crippen LogP contribution in [-0.4, -0.2) is 38.5 Å². The summed E-state index contributed by atoms with van der Waals surface area (Å²) in [6.45, 7) is 1.16. The first-order chi connectivity index (χ1) is 9.93. The van der Waals surface area contributed by atoms with Crippen LogP contribution in [0, 0.1) is 0 Å². The van der Waals surface area contributed by atoms with Gasteiger partial charge in [-0.2, -0.15) is 4.68 Å². The zero-order chi connectivity index (χ0) is 13.6. The van der Waals surface area contributed by atoms with E-state index in [1.807, 2.05) is 30.3 Å². The molecule has 0 bridgehead atoms. The van der Waals surface area contributed by atoms with E-state index < -0.39 is 0 Å². The van der Waals surface area contributed by atoms with Gasteiger partial charge in [0.25, 0.3) is 0 Å². The minimum absolute atomic E-state index is 0.664. The van der Waals surface area contributed by atoms with Crippen LogP contribution in [0.2, 0.25) is 0 Å². The molecule has 1 fully saturated rings. The van der Waals surface area contributed by atoms with E-state index in [0.29, 0.717) is 6.04 Å². The van der Waals surface area contributed by atoms with Crippen LogP contribution in [0.3, 0.4) is 0 Å². The van der Waals surface area contributed by atoms with Gasteiger partial charge in [-0.3, -0.25) is 0 Å². The minimum Gasteiger partial charge on any atom is -0.314 e. The van der Waals surface area contributed by atoms with E-state index in [-0.39, 0.29) is 0 Å². The Morgan fingerprint density at radius 3 is 2.95 bits per heavy atom. The molecule has 0 spiro atoms. The van der Waals surface area contributed by atoms with Gasteiger partial charge in [-0.25, -0.2) is 0 Å². The number of rotatable bonds is 5. The molecule has 1 N–H and O–H groups in total. The monoisotopic (exact) mass is 289 g/mol. The molecule has 1 aliphatic heterocycles. The number of aromatic nitrogens is 4. The van der Waals surface area contributed by atoms with Crippen molar-refractivity contribution in [2.75, 3.05) is 12.3 Å². The Morgan fingerprint density at radius 1 is 1.25 bits per heavy atom. The number of benzene rings is 1. The predicted octanol–water partition coefficient (Wildman–Crippen LogP) is 2.29. The first-order valence-electron chi connectivity index (χ1n) is 7.13. The Hall–Kier alpha value is -1.40. The van der Waals surface area contributed by atoms with Crippen molar-refractivity contribution in [2.45, 2.75) is 36.9 Å². The van der Waals surface area contributed by atoms with Crippen molar-refractivity contribution in [1.82, 2.24) is 25.5 Å². The van der Waals surface area contributed by atoms with Crippen molar-refractivity contribution in [1.29, 1.82) is 0 Å². The molecule has 1 aromatic heterocycles. The van der Waals surface area contributed by atoms with E-state index in [1.54, 1.807) is 16.4 Å². The molecule has 0 aliphatic carbocycles. The quantitative estimate of drug-likeness (QED) is 0.856. The number of hydrogen-bond donors (Lipinski definition) is 1. The van der Waals surface area contributed by atoms with Crippen molar-refractivity contribution < 1.29 is 0 Å². The molecule has 20 heavy (non-hydrogen) atoms. The Bertz CT molecular complexity index is 521. The third-order valence-corrected chi connectivity index (χ3v) is 4.50. The van der Waals surface area contributed by atoms with Gasteiger partial charge in [-0.1, -0.05) is 36.4 Å². The van der Waals surface area contributed by atoms with E-state index in [4.69, 9.17) is 0 Å². The molecular weight excluding hydrogens is 270 g/mol. The summed E-state index contributed by atoms with van der Waals surface area (Å²) in [6, 6.07) is 10.7. The van der Waals surface area contributed by atoms with E-state index in [9.17, 15) is 0 Å². The fourth-order valence-corrected chi connectivity index (χ4v) is 3.41. The summed E-state index contributed by atoms with van der Waals surface area (Å²) in [6.07, 6.45) is 5.14. The van der Waals surface area contributed by atoms with Gasteiger partial charge in [0.05, 0.1) is 5.69 Å². The highest BCUT2D eigenvalue weighted by molar-refractivity contribution is 7.99. The Labute approximate surface area is 123 Å². The normalized spacial score (nSPS) is 19.1. The first kappa shape index (κ1) is 13.6. The molecule has 1 aliphatic rings. The molecule has 0 amide bonds. The van der Waals surface area contributed by atoms with Gasteiger partial charge >= 0.3 is 0 Å². The van der Waals surface area contributed by atoms with E-state index in [2.05, 4.69) is 20.8 Å². The number of piperidine rings is 1. The summed E-state index contributed by atoms with van der Waals surface area (Å²) < 4.78 is 1.80. The zero-order valence-corrected chi connectivity index (χ0v) is 12.2. The van der Waals surface area contributed by atoms with E-state index in [1.165, 1.54) is 25.7 Å². The number of hydrogen-bond acceptors (Lipinski definition) is 5. The van der Waals surface area contributed by atoms with Gasteiger partial charge in [-0.05, 0) is 48.4 Å². The molecule has 1 atom stereocenters. The summed E-state index contributed by atoms with van der Waals surface area (Å²) in [5, 5.41) is 16.4. The molecule has 3 rings (SSSR count). The van der Waals surface area contributed by atoms with E-state index in [0.717, 1.165) is 23.1 Å². The lowest BCUT2D eigenvalue weighted by Gasteiger charge is -2.22. The summed E-state index contributed by atoms with van der Waals surface area (Å²) in [5.74, 6) is 1.05. The average Bonchev–Trinajstić information content (AvgIpc) is 2.98. The average molecular weight is 289 g/mol. The molecule has 6 heteroatoms. The SMILES string of the molecule is c1ccc(-n2nnnc2SCC[C@H]2CCCCN2)cc1. The smallest absolute Gasteiger partial charge is 0.214 e. The van der Waals surface area contributed by atoms with Gasteiger partial charge in [0.1, 0.15) is 0 Å². The second kappa shape index (κ2) is 6.85. The topological polar surface area (TPSA) is 55.6 Å². The van der Waals surface area contributed by atoms with Crippen molar-refractivity contribution in [3.8, 4) is 5.69 Å². The van der Waals surface area contributed by atoms with Crippen LogP contribution in [0.4, 0.5) is 0 Å². The first-order valence-corrected chi connectivity index (χ1v) is 8.12. The van der Waals surface area contributed by atoms with Crippen LogP contribution >= 0.6 is 11.8 Å². The maximum atomic E-state index is 4.12. The van der Waals surface area contributed by atoms with Gasteiger partial charge in [0, 0.05) is 11.8 Å². The third-order valence-electron chi connectivity index (χ3n) is 3.55. The predicted molar refractivity (Wildman–Crippen MR) is 80.1 cm³/mol. The van der Waals surface area contributed by atoms with Crippen molar-refractivity contribution >= 4 is 11.8 Å². The van der Waals surface area contributed by atoms with Crippen molar-refractivity contribution in [3.05, 3.63) is 30.3 Å². The van der Waals surface area contributed by atoms with Crippen molar-refractivity contribution in [2.24, 2.45) is 0 Å². The van der Waals surface area contributed by atoms with Crippen LogP contribution in [0.25, 0.3) is 5.69 Å². The fourth-order valence-electron chi connectivity index (χ4n) is 2.46. The molecule has 0 saturated carbocycles. The Balaban J connectivity index is 1.57. The molecule has 0 unspecified atom stereocenters. The maximum Gasteiger partial charge on any atom is 0.214 e. The second-order valence-electron chi connectivity index (χ2n) is 4.99. The van der Waals surface area contributed by atoms with Gasteiger partial charge < -0.3 is 5.32 Å². The minimum atomic E-state index is 0.664. The van der Waals surface area contributed by atoms with Crippen LogP contribution in [0.1, 0.15) is 25.7 Å². The van der Waals surface area contributed by atoms with Crippen LogP contribution < -0.4 is 5.32 Å². The zero-order valence-electron chi connectivity index (χ0n) is 11.4. The van der Waals surface area contributed by atoms with Crippen molar-refractivity contribution in [3.63, 3.8) is 0 Å². The lowest BCUT2D eigenvalue weighted by atomic mass is 10.0. The summed E-state index contributed by atoms with van der Waals surface area (Å²) >= 11 is 1.73. The molecular formula is C14H19N5S. The lowest BCUT2D eigenvalue weighted by Crippen LogP contribution is -2.34. The summed E-state index contributed by atoms with van der Waals surface area (Å²) in [4.78, 5) is 0. The highest BCUT2D eigenvalue weighted by atomic mass is 32.2. The van der Waals surface area contributed by atoms with Gasteiger partial charge in [-0.15, -0.1) is 5.10 Å². The van der Waals surface area contributed by atoms with Gasteiger partial charge in [0.2, 0.25) is 5.16 Å². The number of nitrogens with zero attached hydrogens (tertiary/aromatic N) is 4. The molecule has 0 radical (unpaired) electrons. The number of nitrogens with one attached hydrogen (secondary N) is 1. The van der Waals surface area contributed by atoms with Crippen LogP contribution in [0.5, 0.6) is 0 Å².